The van der Waals surface area contributed by atoms with E-state index in [1.807, 2.05) is 13.8 Å². The van der Waals surface area contributed by atoms with Gasteiger partial charge in [-0.1, -0.05) is 13.8 Å². The number of nitrogens with zero attached hydrogens (tertiary/aromatic N) is 2. The Labute approximate surface area is 128 Å². The SMILES string of the molecule is CCC(CC)N1C(=O)CC(NCCCN2CCCC2)C1=O. The molecular weight excluding hydrogens is 266 g/mol. The third kappa shape index (κ3) is 4.04. The number of carbonyl (C=O) groups is 2. The molecule has 0 spiro atoms. The van der Waals surface area contributed by atoms with Crippen molar-refractivity contribution < 1.29 is 9.59 Å². The van der Waals surface area contributed by atoms with Crippen molar-refractivity contribution in [3.63, 3.8) is 0 Å². The Balaban J connectivity index is 1.74. The van der Waals surface area contributed by atoms with E-state index >= 15 is 0 Å². The van der Waals surface area contributed by atoms with Gasteiger partial charge in [0.1, 0.15) is 0 Å². The van der Waals surface area contributed by atoms with Crippen LogP contribution in [0.3, 0.4) is 0 Å². The molecule has 0 aromatic rings. The standard InChI is InChI=1S/C16H29N3O2/c1-3-13(4-2)19-15(20)12-14(16(19)21)17-8-7-11-18-9-5-6-10-18/h13-14,17H,3-12H2,1-2H3. The number of nitrogens with one attached hydrogen (secondary N) is 1. The summed E-state index contributed by atoms with van der Waals surface area (Å²) < 4.78 is 0. The van der Waals surface area contributed by atoms with Crippen molar-refractivity contribution >= 4 is 11.8 Å². The van der Waals surface area contributed by atoms with Gasteiger partial charge in [0, 0.05) is 6.04 Å². The summed E-state index contributed by atoms with van der Waals surface area (Å²) in [5.74, 6) is -0.0272. The fourth-order valence-corrected chi connectivity index (χ4v) is 3.43. The maximum atomic E-state index is 12.4. The molecule has 2 rings (SSSR count). The first kappa shape index (κ1) is 16.4. The number of imide groups is 1. The smallest absolute Gasteiger partial charge is 0.247 e. The lowest BCUT2D eigenvalue weighted by Gasteiger charge is -2.24. The number of amides is 2. The molecule has 0 bridgehead atoms. The Hall–Kier alpha value is -0.940. The first-order chi connectivity index (χ1) is 10.2. The van der Waals surface area contributed by atoms with Crippen molar-refractivity contribution in [1.82, 2.24) is 15.1 Å². The predicted molar refractivity (Wildman–Crippen MR) is 82.9 cm³/mol. The van der Waals surface area contributed by atoms with Crippen molar-refractivity contribution in [1.29, 1.82) is 0 Å². The lowest BCUT2D eigenvalue weighted by molar-refractivity contribution is -0.141. The van der Waals surface area contributed by atoms with E-state index in [4.69, 9.17) is 0 Å². The van der Waals surface area contributed by atoms with Gasteiger partial charge in [-0.25, -0.2) is 0 Å². The fourth-order valence-electron chi connectivity index (χ4n) is 3.43. The topological polar surface area (TPSA) is 52.7 Å². The second kappa shape index (κ2) is 7.90. The molecule has 2 heterocycles. The van der Waals surface area contributed by atoms with Crippen molar-refractivity contribution in [2.75, 3.05) is 26.2 Å². The number of likely N-dealkylation sites (tertiary alicyclic amines) is 2. The first-order valence-corrected chi connectivity index (χ1v) is 8.49. The second-order valence-corrected chi connectivity index (χ2v) is 6.19. The molecule has 1 atom stereocenters. The summed E-state index contributed by atoms with van der Waals surface area (Å²) in [5, 5.41) is 3.28. The molecule has 2 amide bonds. The Morgan fingerprint density at radius 2 is 1.86 bits per heavy atom. The van der Waals surface area contributed by atoms with E-state index in [-0.39, 0.29) is 23.9 Å². The molecule has 0 aromatic carbocycles. The van der Waals surface area contributed by atoms with E-state index in [1.165, 1.54) is 30.8 Å². The molecule has 2 aliphatic rings. The highest BCUT2D eigenvalue weighted by Gasteiger charge is 2.40. The molecule has 0 aromatic heterocycles. The van der Waals surface area contributed by atoms with Gasteiger partial charge in [0.2, 0.25) is 11.8 Å². The highest BCUT2D eigenvalue weighted by Crippen LogP contribution is 2.20. The summed E-state index contributed by atoms with van der Waals surface area (Å²) in [7, 11) is 0. The van der Waals surface area contributed by atoms with Crippen LogP contribution in [0.25, 0.3) is 0 Å². The Bertz CT molecular complexity index is 363. The van der Waals surface area contributed by atoms with Crippen LogP contribution in [0.15, 0.2) is 0 Å². The highest BCUT2D eigenvalue weighted by molar-refractivity contribution is 6.05. The van der Waals surface area contributed by atoms with Crippen LogP contribution in [0, 0.1) is 0 Å². The van der Waals surface area contributed by atoms with Gasteiger partial charge in [-0.05, 0) is 58.3 Å². The first-order valence-electron chi connectivity index (χ1n) is 8.49. The van der Waals surface area contributed by atoms with Crippen molar-refractivity contribution in [2.24, 2.45) is 0 Å². The second-order valence-electron chi connectivity index (χ2n) is 6.19. The van der Waals surface area contributed by atoms with Crippen LogP contribution in [0.5, 0.6) is 0 Å². The summed E-state index contributed by atoms with van der Waals surface area (Å²) >= 11 is 0. The number of carbonyl (C=O) groups excluding carboxylic acids is 2. The maximum Gasteiger partial charge on any atom is 0.247 e. The summed E-state index contributed by atoms with van der Waals surface area (Å²) in [6, 6.07) is -0.224. The molecule has 1 N–H and O–H groups in total. The van der Waals surface area contributed by atoms with Crippen molar-refractivity contribution in [3.05, 3.63) is 0 Å². The molecular formula is C16H29N3O2. The van der Waals surface area contributed by atoms with Gasteiger partial charge in [-0.2, -0.15) is 0 Å². The fraction of sp³-hybridized carbons (Fsp3) is 0.875. The van der Waals surface area contributed by atoms with Crippen LogP contribution in [0.2, 0.25) is 0 Å². The molecule has 0 aliphatic carbocycles. The number of hydrogen-bond donors (Lipinski definition) is 1. The summed E-state index contributed by atoms with van der Waals surface area (Å²) in [6.07, 6.45) is 5.69. The molecule has 2 aliphatic heterocycles. The normalized spacial score (nSPS) is 23.8. The van der Waals surface area contributed by atoms with Gasteiger partial charge < -0.3 is 10.2 Å². The molecule has 0 radical (unpaired) electrons. The quantitative estimate of drug-likeness (QED) is 0.543. The molecule has 5 heteroatoms. The van der Waals surface area contributed by atoms with Crippen LogP contribution < -0.4 is 5.32 Å². The average molecular weight is 295 g/mol. The minimum Gasteiger partial charge on any atom is -0.305 e. The molecule has 1 unspecified atom stereocenters. The van der Waals surface area contributed by atoms with Crippen LogP contribution in [-0.2, 0) is 9.59 Å². The molecule has 5 nitrogen and oxygen atoms in total. The lowest BCUT2D eigenvalue weighted by Crippen LogP contribution is -2.44. The summed E-state index contributed by atoms with van der Waals surface area (Å²) in [6.45, 7) is 8.40. The lowest BCUT2D eigenvalue weighted by atomic mass is 10.1. The van der Waals surface area contributed by atoms with Gasteiger partial charge in [0.15, 0.2) is 0 Å². The van der Waals surface area contributed by atoms with Crippen LogP contribution in [-0.4, -0.2) is 59.9 Å². The third-order valence-electron chi connectivity index (χ3n) is 4.73. The monoisotopic (exact) mass is 295 g/mol. The number of rotatable bonds is 8. The maximum absolute atomic E-state index is 12.4. The Morgan fingerprint density at radius 3 is 2.48 bits per heavy atom. The van der Waals surface area contributed by atoms with Gasteiger partial charge in [0.05, 0.1) is 12.5 Å². The zero-order valence-corrected chi connectivity index (χ0v) is 13.4. The zero-order chi connectivity index (χ0) is 15.2. The van der Waals surface area contributed by atoms with E-state index in [0.717, 1.165) is 32.4 Å². The van der Waals surface area contributed by atoms with E-state index in [9.17, 15) is 9.59 Å². The van der Waals surface area contributed by atoms with Crippen molar-refractivity contribution in [3.8, 4) is 0 Å². The van der Waals surface area contributed by atoms with E-state index in [1.54, 1.807) is 0 Å². The van der Waals surface area contributed by atoms with Gasteiger partial charge in [-0.3, -0.25) is 14.5 Å². The van der Waals surface area contributed by atoms with Crippen molar-refractivity contribution in [2.45, 2.75) is 64.5 Å². The molecule has 0 saturated carbocycles. The highest BCUT2D eigenvalue weighted by atomic mass is 16.2. The van der Waals surface area contributed by atoms with Gasteiger partial charge in [-0.15, -0.1) is 0 Å². The third-order valence-corrected chi connectivity index (χ3v) is 4.73. The minimum absolute atomic E-state index is 0.00857. The van der Waals surface area contributed by atoms with Gasteiger partial charge in [0.25, 0.3) is 0 Å². The molecule has 2 fully saturated rings. The summed E-state index contributed by atoms with van der Waals surface area (Å²) in [5.41, 5.74) is 0. The van der Waals surface area contributed by atoms with E-state index < -0.39 is 0 Å². The molecule has 120 valence electrons. The number of hydrogen-bond acceptors (Lipinski definition) is 4. The van der Waals surface area contributed by atoms with E-state index in [2.05, 4.69) is 10.2 Å². The Morgan fingerprint density at radius 1 is 1.19 bits per heavy atom. The predicted octanol–water partition coefficient (Wildman–Crippen LogP) is 1.38. The largest absolute Gasteiger partial charge is 0.305 e. The Kier molecular flexibility index (Phi) is 6.18. The van der Waals surface area contributed by atoms with Crippen LogP contribution in [0.1, 0.15) is 52.4 Å². The molecule has 2 saturated heterocycles. The average Bonchev–Trinajstić information content (AvgIpc) is 3.08. The minimum atomic E-state index is -0.295. The van der Waals surface area contributed by atoms with Crippen LogP contribution >= 0.6 is 0 Å². The summed E-state index contributed by atoms with van der Waals surface area (Å²) in [4.78, 5) is 28.4. The van der Waals surface area contributed by atoms with E-state index in [0.29, 0.717) is 6.42 Å². The van der Waals surface area contributed by atoms with Crippen LogP contribution in [0.4, 0.5) is 0 Å². The molecule has 21 heavy (non-hydrogen) atoms. The zero-order valence-electron chi connectivity index (χ0n) is 13.4. The van der Waals surface area contributed by atoms with Gasteiger partial charge >= 0.3 is 0 Å².